The molecule has 4 rings (SSSR count). The number of hydrogen-bond donors (Lipinski definition) is 0. The first-order valence-electron chi connectivity index (χ1n) is 10.1. The number of likely N-dealkylation sites (tertiary alicyclic amines) is 1. The molecule has 1 atom stereocenters. The molecule has 0 aromatic heterocycles. The van der Waals surface area contributed by atoms with Crippen LogP contribution in [0.15, 0.2) is 47.5 Å². The summed E-state index contributed by atoms with van der Waals surface area (Å²) < 4.78 is 5.72. The van der Waals surface area contributed by atoms with Crippen molar-refractivity contribution >= 4 is 17.3 Å². The first-order chi connectivity index (χ1) is 13.4. The number of aliphatic imine (C=N–C) groups is 1. The third kappa shape index (κ3) is 3.79. The Hall–Kier alpha value is -2.51. The van der Waals surface area contributed by atoms with Crippen molar-refractivity contribution in [1.29, 1.82) is 0 Å². The Morgan fingerprint density at radius 1 is 1.07 bits per heavy atom. The number of anilines is 1. The maximum atomic E-state index is 5.72. The summed E-state index contributed by atoms with van der Waals surface area (Å²) >= 11 is 0. The number of para-hydroxylation sites is 1. The molecule has 2 heterocycles. The standard InChI is InChI=1S/C23H27N3O/c1-2-27-18-15-22-20-13-7-8-14-21(20)24-23(25-16-9-4-10-17-25)26(22)19-11-5-3-6-12-19/h3,5-6,11-14,22H,2,4,9-10,15-18H2,1H3. The van der Waals surface area contributed by atoms with Crippen molar-refractivity contribution in [2.75, 3.05) is 31.2 Å². The highest BCUT2D eigenvalue weighted by Crippen LogP contribution is 2.40. The van der Waals surface area contributed by atoms with Gasteiger partial charge in [0.2, 0.25) is 5.96 Å². The van der Waals surface area contributed by atoms with Gasteiger partial charge in [-0.05, 0) is 50.8 Å². The highest BCUT2D eigenvalue weighted by atomic mass is 16.5. The van der Waals surface area contributed by atoms with Crippen molar-refractivity contribution < 1.29 is 4.74 Å². The van der Waals surface area contributed by atoms with Gasteiger partial charge in [-0.3, -0.25) is 0 Å². The topological polar surface area (TPSA) is 28.1 Å². The van der Waals surface area contributed by atoms with Crippen LogP contribution < -0.4 is 4.90 Å². The molecular weight excluding hydrogens is 334 g/mol. The van der Waals surface area contributed by atoms with Crippen LogP contribution in [0.4, 0.5) is 11.4 Å². The molecular formula is C23H27N3O. The lowest BCUT2D eigenvalue weighted by atomic mass is 9.98. The van der Waals surface area contributed by atoms with Gasteiger partial charge in [0.05, 0.1) is 11.7 Å². The number of fused-ring (bicyclic) bond motifs is 1. The minimum atomic E-state index is 0.189. The zero-order chi connectivity index (χ0) is 18.5. The fourth-order valence-corrected chi connectivity index (χ4v) is 4.02. The molecule has 4 nitrogen and oxygen atoms in total. The lowest BCUT2D eigenvalue weighted by Crippen LogP contribution is -2.49. The summed E-state index contributed by atoms with van der Waals surface area (Å²) in [6.45, 7) is 5.66. The van der Waals surface area contributed by atoms with Gasteiger partial charge >= 0.3 is 0 Å². The number of guanidine groups is 1. The van der Waals surface area contributed by atoms with E-state index in [1.807, 2.05) is 19.1 Å². The van der Waals surface area contributed by atoms with Gasteiger partial charge in [-0.2, -0.15) is 0 Å². The van der Waals surface area contributed by atoms with E-state index in [1.54, 1.807) is 0 Å². The second-order valence-corrected chi connectivity index (χ2v) is 7.08. The third-order valence-electron chi connectivity index (χ3n) is 5.34. The number of nitrogens with zero attached hydrogens (tertiary/aromatic N) is 3. The summed E-state index contributed by atoms with van der Waals surface area (Å²) in [5, 5.41) is 0. The van der Waals surface area contributed by atoms with Gasteiger partial charge in [0.1, 0.15) is 0 Å². The molecule has 0 spiro atoms. The zero-order valence-corrected chi connectivity index (χ0v) is 16.0. The molecule has 2 aliphatic heterocycles. The highest BCUT2D eigenvalue weighted by Gasteiger charge is 2.34. The summed E-state index contributed by atoms with van der Waals surface area (Å²) in [7, 11) is 0. The summed E-state index contributed by atoms with van der Waals surface area (Å²) in [6.07, 6.45) is 4.68. The maximum Gasteiger partial charge on any atom is 0.207 e. The average Bonchev–Trinajstić information content (AvgIpc) is 2.74. The van der Waals surface area contributed by atoms with Crippen LogP contribution in [0.3, 0.4) is 0 Å². The first-order valence-corrected chi connectivity index (χ1v) is 10.1. The predicted molar refractivity (Wildman–Crippen MR) is 109 cm³/mol. The van der Waals surface area contributed by atoms with Crippen molar-refractivity contribution in [3.63, 3.8) is 0 Å². The molecule has 1 unspecified atom stereocenters. The molecule has 1 fully saturated rings. The SMILES string of the molecule is CCOCCC1c2cc#ccc2N=C(N2CCCCC2)N1c1ccccc1. The maximum absolute atomic E-state index is 5.72. The third-order valence-corrected chi connectivity index (χ3v) is 5.34. The van der Waals surface area contributed by atoms with E-state index in [9.17, 15) is 0 Å². The molecule has 1 saturated heterocycles. The van der Waals surface area contributed by atoms with E-state index in [0.29, 0.717) is 0 Å². The van der Waals surface area contributed by atoms with Crippen LogP contribution in [-0.4, -0.2) is 37.2 Å². The largest absolute Gasteiger partial charge is 0.382 e. The molecule has 0 aliphatic carbocycles. The van der Waals surface area contributed by atoms with E-state index in [0.717, 1.165) is 44.4 Å². The predicted octanol–water partition coefficient (Wildman–Crippen LogP) is 4.75. The second kappa shape index (κ2) is 8.45. The van der Waals surface area contributed by atoms with Crippen molar-refractivity contribution in [2.24, 2.45) is 4.99 Å². The molecule has 2 aromatic carbocycles. The molecule has 0 saturated carbocycles. The quantitative estimate of drug-likeness (QED) is 0.720. The molecule has 140 valence electrons. The van der Waals surface area contributed by atoms with Gasteiger partial charge in [0.15, 0.2) is 0 Å². The molecule has 4 heteroatoms. The number of ether oxygens (including phenoxy) is 1. The number of benzene rings is 1. The Labute approximate surface area is 162 Å². The van der Waals surface area contributed by atoms with E-state index >= 15 is 0 Å². The van der Waals surface area contributed by atoms with Crippen LogP contribution in [0, 0.1) is 12.1 Å². The minimum absolute atomic E-state index is 0.189. The molecule has 0 amide bonds. The van der Waals surface area contributed by atoms with E-state index in [-0.39, 0.29) is 6.04 Å². The number of hydrogen-bond acceptors (Lipinski definition) is 4. The van der Waals surface area contributed by atoms with E-state index in [1.165, 1.54) is 30.5 Å². The van der Waals surface area contributed by atoms with Gasteiger partial charge in [-0.1, -0.05) is 30.3 Å². The van der Waals surface area contributed by atoms with E-state index in [2.05, 4.69) is 52.3 Å². The molecule has 0 radical (unpaired) electrons. The molecule has 2 aliphatic rings. The lowest BCUT2D eigenvalue weighted by molar-refractivity contribution is 0.139. The summed E-state index contributed by atoms with van der Waals surface area (Å²) in [5.74, 6) is 1.06. The fraction of sp³-hybridized carbons (Fsp3) is 0.435. The van der Waals surface area contributed by atoms with Crippen LogP contribution in [-0.2, 0) is 4.74 Å². The van der Waals surface area contributed by atoms with Crippen LogP contribution in [0.2, 0.25) is 0 Å². The number of piperidine rings is 1. The summed E-state index contributed by atoms with van der Waals surface area (Å²) in [6, 6.07) is 21.0. The van der Waals surface area contributed by atoms with E-state index in [4.69, 9.17) is 9.73 Å². The molecule has 2 aromatic rings. The van der Waals surface area contributed by atoms with Crippen LogP contribution in [0.5, 0.6) is 0 Å². The number of rotatable bonds is 5. The smallest absolute Gasteiger partial charge is 0.207 e. The van der Waals surface area contributed by atoms with Gasteiger partial charge in [0.25, 0.3) is 0 Å². The van der Waals surface area contributed by atoms with Gasteiger partial charge < -0.3 is 14.5 Å². The van der Waals surface area contributed by atoms with Gasteiger partial charge in [-0.15, -0.1) is 0 Å². The van der Waals surface area contributed by atoms with Crippen molar-refractivity contribution in [3.05, 3.63) is 60.2 Å². The highest BCUT2D eigenvalue weighted by molar-refractivity contribution is 6.00. The van der Waals surface area contributed by atoms with Crippen molar-refractivity contribution in [2.45, 2.75) is 38.6 Å². The first kappa shape index (κ1) is 17.9. The average molecular weight is 361 g/mol. The lowest BCUT2D eigenvalue weighted by Gasteiger charge is -2.43. The molecule has 0 bridgehead atoms. The van der Waals surface area contributed by atoms with Gasteiger partial charge in [0, 0.05) is 43.6 Å². The monoisotopic (exact) mass is 361 g/mol. The summed E-state index contributed by atoms with van der Waals surface area (Å²) in [4.78, 5) is 9.93. The Bertz CT molecular complexity index is 768. The Morgan fingerprint density at radius 3 is 2.63 bits per heavy atom. The molecule has 27 heavy (non-hydrogen) atoms. The zero-order valence-electron chi connectivity index (χ0n) is 16.0. The Morgan fingerprint density at radius 2 is 1.85 bits per heavy atom. The Kier molecular flexibility index (Phi) is 5.60. The Balaban J connectivity index is 1.77. The van der Waals surface area contributed by atoms with Crippen molar-refractivity contribution in [1.82, 2.24) is 4.90 Å². The molecule has 0 N–H and O–H groups in total. The fourth-order valence-electron chi connectivity index (χ4n) is 4.02. The minimum Gasteiger partial charge on any atom is -0.382 e. The van der Waals surface area contributed by atoms with Crippen LogP contribution >= 0.6 is 0 Å². The van der Waals surface area contributed by atoms with Gasteiger partial charge in [-0.25, -0.2) is 4.99 Å². The van der Waals surface area contributed by atoms with Crippen LogP contribution in [0.25, 0.3) is 0 Å². The normalized spacial score (nSPS) is 19.3. The van der Waals surface area contributed by atoms with Crippen molar-refractivity contribution in [3.8, 4) is 0 Å². The summed E-state index contributed by atoms with van der Waals surface area (Å²) in [5.41, 5.74) is 3.41. The second-order valence-electron chi connectivity index (χ2n) is 7.08. The van der Waals surface area contributed by atoms with E-state index < -0.39 is 0 Å². The van der Waals surface area contributed by atoms with Crippen LogP contribution in [0.1, 0.15) is 44.2 Å².